The predicted octanol–water partition coefficient (Wildman–Crippen LogP) is 1.50. The second-order valence-corrected chi connectivity index (χ2v) is 3.61. The Morgan fingerprint density at radius 1 is 1.47 bits per heavy atom. The van der Waals surface area contributed by atoms with E-state index in [0.717, 1.165) is 5.56 Å². The Morgan fingerprint density at radius 3 is 2.60 bits per heavy atom. The van der Waals surface area contributed by atoms with Gasteiger partial charge in [0.25, 0.3) is 0 Å². The number of carbonyl (C=O) groups is 1. The molecule has 0 aliphatic rings. The van der Waals surface area contributed by atoms with Gasteiger partial charge in [-0.05, 0) is 30.5 Å². The van der Waals surface area contributed by atoms with E-state index in [4.69, 9.17) is 16.6 Å². The van der Waals surface area contributed by atoms with Gasteiger partial charge in [0.05, 0.1) is 5.92 Å². The number of hydrogen-bond donors (Lipinski definition) is 3. The second kappa shape index (κ2) is 4.68. The monoisotopic (exact) mass is 208 g/mol. The summed E-state index contributed by atoms with van der Waals surface area (Å²) in [6.45, 7) is 1.85. The fraction of sp³-hybridized carbons (Fsp3) is 0.364. The van der Waals surface area contributed by atoms with Crippen LogP contribution < -0.4 is 11.5 Å². The third kappa shape index (κ3) is 2.87. The van der Waals surface area contributed by atoms with E-state index in [9.17, 15) is 4.79 Å². The van der Waals surface area contributed by atoms with Gasteiger partial charge in [0.15, 0.2) is 0 Å². The zero-order valence-corrected chi connectivity index (χ0v) is 8.73. The molecule has 0 heterocycles. The van der Waals surface area contributed by atoms with Gasteiger partial charge < -0.3 is 16.6 Å². The number of nitrogens with two attached hydrogens (primary N) is 2. The number of hydrogen-bond acceptors (Lipinski definition) is 3. The van der Waals surface area contributed by atoms with Crippen molar-refractivity contribution in [3.63, 3.8) is 0 Å². The number of nitrogen functional groups attached to an aromatic ring is 2. The molecule has 0 aliphatic heterocycles. The molecule has 4 heteroatoms. The lowest BCUT2D eigenvalue weighted by atomic mass is 9.96. The predicted molar refractivity (Wildman–Crippen MR) is 60.4 cm³/mol. The van der Waals surface area contributed by atoms with E-state index in [1.165, 1.54) is 0 Å². The highest BCUT2D eigenvalue weighted by Gasteiger charge is 2.16. The van der Waals surface area contributed by atoms with Crippen molar-refractivity contribution < 1.29 is 9.90 Å². The van der Waals surface area contributed by atoms with Crippen LogP contribution in [0.4, 0.5) is 11.4 Å². The van der Waals surface area contributed by atoms with Gasteiger partial charge in [0.2, 0.25) is 0 Å². The van der Waals surface area contributed by atoms with Crippen LogP contribution in [0, 0.1) is 5.92 Å². The van der Waals surface area contributed by atoms with Crippen molar-refractivity contribution >= 4 is 17.3 Å². The molecule has 0 aromatic heterocycles. The Labute approximate surface area is 88.9 Å². The van der Waals surface area contributed by atoms with Crippen LogP contribution in [0.25, 0.3) is 0 Å². The van der Waals surface area contributed by atoms with Gasteiger partial charge in [-0.15, -0.1) is 0 Å². The standard InChI is InChI=1S/C11H16N2O2/c1-2-7(11(14)15)5-8-3-4-9(12)6-10(8)13/h3-4,6-7H,2,5,12-13H2,1H3,(H,14,15). The first kappa shape index (κ1) is 11.4. The van der Waals surface area contributed by atoms with Crippen LogP contribution in [-0.4, -0.2) is 11.1 Å². The Balaban J connectivity index is 2.84. The van der Waals surface area contributed by atoms with Crippen LogP contribution in [0.2, 0.25) is 0 Å². The minimum Gasteiger partial charge on any atom is -0.481 e. The summed E-state index contributed by atoms with van der Waals surface area (Å²) in [5.41, 5.74) is 13.3. The number of carboxylic acid groups (broad SMARTS) is 1. The summed E-state index contributed by atoms with van der Waals surface area (Å²) in [5, 5.41) is 8.91. The molecule has 5 N–H and O–H groups in total. The first-order chi connectivity index (χ1) is 7.04. The Hall–Kier alpha value is -1.71. The number of carboxylic acids is 1. The summed E-state index contributed by atoms with van der Waals surface area (Å²) in [7, 11) is 0. The average molecular weight is 208 g/mol. The molecule has 1 aromatic rings. The van der Waals surface area contributed by atoms with E-state index in [1.54, 1.807) is 18.2 Å². The summed E-state index contributed by atoms with van der Waals surface area (Å²) in [5.74, 6) is -1.16. The lowest BCUT2D eigenvalue weighted by Crippen LogP contribution is -2.16. The van der Waals surface area contributed by atoms with Crippen LogP contribution in [0.3, 0.4) is 0 Å². The van der Waals surface area contributed by atoms with Gasteiger partial charge in [0, 0.05) is 11.4 Å². The summed E-state index contributed by atoms with van der Waals surface area (Å²) in [4.78, 5) is 10.8. The zero-order chi connectivity index (χ0) is 11.4. The maximum Gasteiger partial charge on any atom is 0.306 e. The first-order valence-electron chi connectivity index (χ1n) is 4.91. The first-order valence-corrected chi connectivity index (χ1v) is 4.91. The average Bonchev–Trinajstić information content (AvgIpc) is 2.16. The molecule has 0 saturated heterocycles. The maximum atomic E-state index is 10.8. The molecular formula is C11H16N2O2. The highest BCUT2D eigenvalue weighted by molar-refractivity contribution is 5.71. The van der Waals surface area contributed by atoms with Gasteiger partial charge in [-0.3, -0.25) is 4.79 Å². The van der Waals surface area contributed by atoms with Crippen LogP contribution >= 0.6 is 0 Å². The summed E-state index contributed by atoms with van der Waals surface area (Å²) in [6, 6.07) is 5.18. The zero-order valence-electron chi connectivity index (χ0n) is 8.73. The van der Waals surface area contributed by atoms with E-state index in [2.05, 4.69) is 0 Å². The second-order valence-electron chi connectivity index (χ2n) is 3.61. The van der Waals surface area contributed by atoms with Crippen LogP contribution in [0.15, 0.2) is 18.2 Å². The third-order valence-corrected chi connectivity index (χ3v) is 2.48. The number of anilines is 2. The van der Waals surface area contributed by atoms with Crippen LogP contribution in [0.5, 0.6) is 0 Å². The van der Waals surface area contributed by atoms with E-state index in [0.29, 0.717) is 24.2 Å². The minimum absolute atomic E-state index is 0.379. The highest BCUT2D eigenvalue weighted by atomic mass is 16.4. The number of rotatable bonds is 4. The number of benzene rings is 1. The van der Waals surface area contributed by atoms with Gasteiger partial charge in [-0.1, -0.05) is 13.0 Å². The molecule has 15 heavy (non-hydrogen) atoms. The maximum absolute atomic E-state index is 10.8. The van der Waals surface area contributed by atoms with Crippen molar-refractivity contribution in [2.45, 2.75) is 19.8 Å². The Morgan fingerprint density at radius 2 is 2.13 bits per heavy atom. The molecule has 1 atom stereocenters. The molecular weight excluding hydrogens is 192 g/mol. The van der Waals surface area contributed by atoms with Crippen molar-refractivity contribution in [3.8, 4) is 0 Å². The Bertz CT molecular complexity index is 364. The molecule has 0 radical (unpaired) electrons. The highest BCUT2D eigenvalue weighted by Crippen LogP contribution is 2.20. The van der Waals surface area contributed by atoms with E-state index >= 15 is 0 Å². The molecule has 1 rings (SSSR count). The molecule has 0 amide bonds. The van der Waals surface area contributed by atoms with Crippen molar-refractivity contribution in [1.82, 2.24) is 0 Å². The SMILES string of the molecule is CCC(Cc1ccc(N)cc1N)C(=O)O. The van der Waals surface area contributed by atoms with Crippen molar-refractivity contribution in [1.29, 1.82) is 0 Å². The summed E-state index contributed by atoms with van der Waals surface area (Å²) < 4.78 is 0. The van der Waals surface area contributed by atoms with Crippen molar-refractivity contribution in [2.75, 3.05) is 11.5 Å². The minimum atomic E-state index is -0.784. The quantitative estimate of drug-likeness (QED) is 0.654. The van der Waals surface area contributed by atoms with Gasteiger partial charge >= 0.3 is 5.97 Å². The van der Waals surface area contributed by atoms with Crippen molar-refractivity contribution in [3.05, 3.63) is 23.8 Å². The van der Waals surface area contributed by atoms with Crippen LogP contribution in [-0.2, 0) is 11.2 Å². The topological polar surface area (TPSA) is 89.3 Å². The molecule has 0 bridgehead atoms. The fourth-order valence-electron chi connectivity index (χ4n) is 1.47. The lowest BCUT2D eigenvalue weighted by molar-refractivity contribution is -0.141. The molecule has 4 nitrogen and oxygen atoms in total. The smallest absolute Gasteiger partial charge is 0.306 e. The molecule has 82 valence electrons. The summed E-state index contributed by atoms with van der Waals surface area (Å²) in [6.07, 6.45) is 1.05. The molecule has 0 fully saturated rings. The normalized spacial score (nSPS) is 12.3. The lowest BCUT2D eigenvalue weighted by Gasteiger charge is -2.11. The number of aliphatic carboxylic acids is 1. The third-order valence-electron chi connectivity index (χ3n) is 2.48. The molecule has 0 saturated carbocycles. The van der Waals surface area contributed by atoms with Gasteiger partial charge in [-0.2, -0.15) is 0 Å². The molecule has 0 aliphatic carbocycles. The van der Waals surface area contributed by atoms with E-state index in [1.807, 2.05) is 6.92 Å². The summed E-state index contributed by atoms with van der Waals surface area (Å²) >= 11 is 0. The van der Waals surface area contributed by atoms with Crippen LogP contribution in [0.1, 0.15) is 18.9 Å². The molecule has 1 aromatic carbocycles. The van der Waals surface area contributed by atoms with Crippen molar-refractivity contribution in [2.24, 2.45) is 5.92 Å². The van der Waals surface area contributed by atoms with E-state index in [-0.39, 0.29) is 5.92 Å². The largest absolute Gasteiger partial charge is 0.481 e. The fourth-order valence-corrected chi connectivity index (χ4v) is 1.47. The van der Waals surface area contributed by atoms with Gasteiger partial charge in [-0.25, -0.2) is 0 Å². The molecule has 1 unspecified atom stereocenters. The Kier molecular flexibility index (Phi) is 3.55. The van der Waals surface area contributed by atoms with Gasteiger partial charge in [0.1, 0.15) is 0 Å². The van der Waals surface area contributed by atoms with E-state index < -0.39 is 5.97 Å². The molecule has 0 spiro atoms.